The number of rotatable bonds is 9. The van der Waals surface area contributed by atoms with Crippen molar-refractivity contribution in [2.24, 2.45) is 4.99 Å². The van der Waals surface area contributed by atoms with Crippen LogP contribution < -0.4 is 16.0 Å². The zero-order valence-electron chi connectivity index (χ0n) is 38.4. The van der Waals surface area contributed by atoms with E-state index in [4.69, 9.17) is 4.99 Å². The van der Waals surface area contributed by atoms with Crippen LogP contribution in [-0.4, -0.2) is 5.84 Å². The van der Waals surface area contributed by atoms with E-state index in [0.717, 1.165) is 39.5 Å². The van der Waals surface area contributed by atoms with E-state index in [9.17, 15) is 0 Å². The molecule has 2 aliphatic rings. The molecule has 0 aromatic heterocycles. The molecule has 1 aliphatic carbocycles. The van der Waals surface area contributed by atoms with E-state index in [-0.39, 0.29) is 12.3 Å². The normalized spacial score (nSPS) is 17.1. The van der Waals surface area contributed by atoms with E-state index in [0.29, 0.717) is 0 Å². The van der Waals surface area contributed by atoms with Gasteiger partial charge in [0, 0.05) is 16.9 Å². The van der Waals surface area contributed by atoms with Gasteiger partial charge in [0.1, 0.15) is 18.2 Å². The van der Waals surface area contributed by atoms with Crippen molar-refractivity contribution in [3.63, 3.8) is 0 Å². The Morgan fingerprint density at radius 1 is 0.371 bits per heavy atom. The number of amidine groups is 1. The molecule has 11 aromatic carbocycles. The molecule has 332 valence electrons. The van der Waals surface area contributed by atoms with Crippen LogP contribution >= 0.6 is 0 Å². The van der Waals surface area contributed by atoms with Gasteiger partial charge in [-0.25, -0.2) is 4.99 Å². The topological polar surface area (TPSA) is 48.5 Å². The van der Waals surface area contributed by atoms with Crippen molar-refractivity contribution in [3.8, 4) is 33.4 Å². The molecule has 13 rings (SSSR count). The van der Waals surface area contributed by atoms with Crippen LogP contribution in [-0.2, 0) is 5.41 Å². The lowest BCUT2D eigenvalue weighted by Gasteiger charge is -2.36. The highest BCUT2D eigenvalue weighted by Crippen LogP contribution is 2.59. The van der Waals surface area contributed by atoms with Crippen molar-refractivity contribution in [2.75, 3.05) is 5.32 Å². The molecule has 0 saturated heterocycles. The van der Waals surface area contributed by atoms with E-state index in [1.54, 1.807) is 0 Å². The van der Waals surface area contributed by atoms with E-state index < -0.39 is 5.41 Å². The van der Waals surface area contributed by atoms with Crippen molar-refractivity contribution in [3.05, 3.63) is 300 Å². The van der Waals surface area contributed by atoms with E-state index in [1.165, 1.54) is 71.6 Å². The Kier molecular flexibility index (Phi) is 10.3. The molecule has 4 heteroatoms. The molecule has 70 heavy (non-hydrogen) atoms. The number of fused-ring (bicyclic) bond motifs is 5. The van der Waals surface area contributed by atoms with Gasteiger partial charge in [-0.15, -0.1) is 0 Å². The maximum atomic E-state index is 5.10. The van der Waals surface area contributed by atoms with Crippen LogP contribution in [0.15, 0.2) is 266 Å². The molecule has 0 bridgehead atoms. The number of anilines is 2. The van der Waals surface area contributed by atoms with Crippen LogP contribution in [0.25, 0.3) is 54.9 Å². The molecular weight excluding hydrogens is 849 g/mol. The Hall–Kier alpha value is -8.83. The van der Waals surface area contributed by atoms with Gasteiger partial charge in [0.15, 0.2) is 0 Å². The van der Waals surface area contributed by atoms with Crippen LogP contribution in [0.1, 0.15) is 51.3 Å². The van der Waals surface area contributed by atoms with Gasteiger partial charge in [0.25, 0.3) is 0 Å². The fourth-order valence-corrected chi connectivity index (χ4v) is 11.0. The second kappa shape index (κ2) is 17.4. The van der Waals surface area contributed by atoms with E-state index >= 15 is 0 Å². The predicted octanol–water partition coefficient (Wildman–Crippen LogP) is 15.8. The summed E-state index contributed by atoms with van der Waals surface area (Å²) in [5.74, 6) is 0.879. The second-order valence-electron chi connectivity index (χ2n) is 18.5. The van der Waals surface area contributed by atoms with Gasteiger partial charge in [-0.3, -0.25) is 5.32 Å². The highest BCUT2D eigenvalue weighted by molar-refractivity contribution is 6.00. The second-order valence-corrected chi connectivity index (χ2v) is 18.5. The first-order valence-corrected chi connectivity index (χ1v) is 24.2. The molecule has 4 nitrogen and oxygen atoms in total. The Morgan fingerprint density at radius 2 is 0.929 bits per heavy atom. The summed E-state index contributed by atoms with van der Waals surface area (Å²) in [6.07, 6.45) is -0.302. The minimum Gasteiger partial charge on any atom is -0.355 e. The fraction of sp³-hybridized carbons (Fsp3) is 0.0455. The largest absolute Gasteiger partial charge is 0.355 e. The van der Waals surface area contributed by atoms with Crippen molar-refractivity contribution in [1.29, 1.82) is 0 Å². The standard InChI is InChI=1S/C66H48N4/c1-4-17-48(18-5-1)63-68-64(49-19-6-2-7-20-49)70-65(69-63)50-34-32-46(33-35-50)45-28-30-47(31-29-45)54-37-39-58-57-26-14-15-27-59(57)66(60(58)41-54,55-38-36-44-16-10-11-21-51(44)40-55)61-42-52-22-12-13-23-53(52)43-62(61)67-56-24-8-3-9-25-56/h1-43,63,65,67,69H,(H,68,70). The van der Waals surface area contributed by atoms with Crippen molar-refractivity contribution in [2.45, 2.75) is 17.7 Å². The molecule has 0 amide bonds. The summed E-state index contributed by atoms with van der Waals surface area (Å²) in [6.45, 7) is 0. The first kappa shape index (κ1) is 41.4. The van der Waals surface area contributed by atoms with E-state index in [2.05, 4.69) is 265 Å². The Balaban J connectivity index is 0.898. The maximum Gasteiger partial charge on any atom is 0.131 e. The molecule has 3 unspecified atom stereocenters. The lowest BCUT2D eigenvalue weighted by atomic mass is 9.66. The third-order valence-electron chi connectivity index (χ3n) is 14.4. The number of hydrogen-bond acceptors (Lipinski definition) is 4. The monoisotopic (exact) mass is 896 g/mol. The summed E-state index contributed by atoms with van der Waals surface area (Å²) in [4.78, 5) is 5.10. The molecule has 3 N–H and O–H groups in total. The summed E-state index contributed by atoms with van der Waals surface area (Å²) < 4.78 is 0. The Labute approximate surface area is 408 Å². The minimum absolute atomic E-state index is 0.123. The molecule has 0 radical (unpaired) electrons. The highest BCUT2D eigenvalue weighted by atomic mass is 15.3. The quantitative estimate of drug-likeness (QED) is 0.135. The average Bonchev–Trinajstić information content (AvgIpc) is 3.74. The van der Waals surface area contributed by atoms with Crippen molar-refractivity contribution in [1.82, 2.24) is 10.6 Å². The van der Waals surface area contributed by atoms with Crippen LogP contribution in [0.2, 0.25) is 0 Å². The summed E-state index contributed by atoms with van der Waals surface area (Å²) in [7, 11) is 0. The maximum absolute atomic E-state index is 5.10. The average molecular weight is 897 g/mol. The van der Waals surface area contributed by atoms with Crippen molar-refractivity contribution >= 4 is 38.8 Å². The molecule has 0 saturated carbocycles. The highest BCUT2D eigenvalue weighted by Gasteiger charge is 2.48. The third-order valence-corrected chi connectivity index (χ3v) is 14.4. The first-order chi connectivity index (χ1) is 34.7. The molecule has 1 aliphatic heterocycles. The number of nitrogens with zero attached hydrogens (tertiary/aromatic N) is 1. The lowest BCUT2D eigenvalue weighted by Crippen LogP contribution is -2.44. The van der Waals surface area contributed by atoms with Gasteiger partial charge in [-0.05, 0) is 125 Å². The Bertz CT molecular complexity index is 3740. The van der Waals surface area contributed by atoms with Crippen LogP contribution in [0, 0.1) is 0 Å². The van der Waals surface area contributed by atoms with Gasteiger partial charge < -0.3 is 10.6 Å². The van der Waals surface area contributed by atoms with Crippen LogP contribution in [0.4, 0.5) is 11.4 Å². The number of para-hydroxylation sites is 1. The molecule has 11 aromatic rings. The SMILES string of the molecule is c1ccc(Nc2cc3ccccc3cc2C2(c3ccc4ccccc4c3)c3ccccc3-c3ccc(-c4ccc(-c5ccc(C6NC(c7ccccc7)=NC(c7ccccc7)N6)cc5)cc4)cc32)cc1. The smallest absolute Gasteiger partial charge is 0.131 e. The summed E-state index contributed by atoms with van der Waals surface area (Å²) in [5, 5.41) is 16.2. The van der Waals surface area contributed by atoms with Gasteiger partial charge in [0.05, 0.1) is 5.41 Å². The fourth-order valence-electron chi connectivity index (χ4n) is 11.0. The van der Waals surface area contributed by atoms with E-state index in [1.807, 2.05) is 12.1 Å². The Morgan fingerprint density at radius 3 is 1.66 bits per heavy atom. The summed E-state index contributed by atoms with van der Waals surface area (Å²) >= 11 is 0. The number of aliphatic imine (C=N–C) groups is 1. The predicted molar refractivity (Wildman–Crippen MR) is 291 cm³/mol. The number of nitrogens with one attached hydrogen (secondary N) is 3. The lowest BCUT2D eigenvalue weighted by molar-refractivity contribution is 0.409. The summed E-state index contributed by atoms with van der Waals surface area (Å²) in [5.41, 5.74) is 17.0. The zero-order valence-corrected chi connectivity index (χ0v) is 38.4. The van der Waals surface area contributed by atoms with Gasteiger partial charge in [0.2, 0.25) is 0 Å². The third kappa shape index (κ3) is 7.25. The molecular formula is C66H48N4. The summed E-state index contributed by atoms with van der Waals surface area (Å²) in [6, 6.07) is 94.9. The first-order valence-electron chi connectivity index (χ1n) is 24.2. The van der Waals surface area contributed by atoms with Crippen LogP contribution in [0.5, 0.6) is 0 Å². The van der Waals surface area contributed by atoms with Gasteiger partial charge in [-0.1, -0.05) is 224 Å². The molecule has 3 atom stereocenters. The molecule has 0 fully saturated rings. The number of benzene rings is 11. The van der Waals surface area contributed by atoms with Crippen molar-refractivity contribution < 1.29 is 0 Å². The molecule has 0 spiro atoms. The van der Waals surface area contributed by atoms with Gasteiger partial charge in [-0.2, -0.15) is 0 Å². The number of hydrogen-bond donors (Lipinski definition) is 3. The van der Waals surface area contributed by atoms with Crippen LogP contribution in [0.3, 0.4) is 0 Å². The minimum atomic E-state index is -0.661. The zero-order chi connectivity index (χ0) is 46.4. The molecule has 1 heterocycles. The van der Waals surface area contributed by atoms with Gasteiger partial charge >= 0.3 is 0 Å².